The summed E-state index contributed by atoms with van der Waals surface area (Å²) in [5.41, 5.74) is 3.12. The fourth-order valence-corrected chi connectivity index (χ4v) is 4.37. The summed E-state index contributed by atoms with van der Waals surface area (Å²) in [6.45, 7) is 0.675. The smallest absolute Gasteiger partial charge is 0.303 e. The molecule has 0 radical (unpaired) electrons. The molecule has 1 saturated heterocycles. The van der Waals surface area contributed by atoms with Gasteiger partial charge in [0.25, 0.3) is 0 Å². The largest absolute Gasteiger partial charge is 0.497 e. The number of hydrogen-bond donors (Lipinski definition) is 2. The first-order chi connectivity index (χ1) is 16.5. The van der Waals surface area contributed by atoms with E-state index in [1.165, 1.54) is 5.56 Å². The van der Waals surface area contributed by atoms with Crippen LogP contribution >= 0.6 is 0 Å². The molecule has 2 aromatic carbocycles. The highest BCUT2D eigenvalue weighted by Gasteiger charge is 2.28. The van der Waals surface area contributed by atoms with Gasteiger partial charge >= 0.3 is 5.97 Å². The summed E-state index contributed by atoms with van der Waals surface area (Å²) in [6.07, 6.45) is 8.59. The van der Waals surface area contributed by atoms with Gasteiger partial charge in [-0.25, -0.2) is 0 Å². The Labute approximate surface area is 201 Å². The highest BCUT2D eigenvalue weighted by Crippen LogP contribution is 2.24. The Balaban J connectivity index is 1.53. The van der Waals surface area contributed by atoms with E-state index >= 15 is 0 Å². The van der Waals surface area contributed by atoms with Crippen LogP contribution in [-0.2, 0) is 16.0 Å². The molecule has 6 heteroatoms. The summed E-state index contributed by atoms with van der Waals surface area (Å²) in [6, 6.07) is 15.9. The van der Waals surface area contributed by atoms with Crippen LogP contribution < -0.4 is 4.74 Å². The summed E-state index contributed by atoms with van der Waals surface area (Å²) >= 11 is 0. The van der Waals surface area contributed by atoms with Crippen molar-refractivity contribution in [2.24, 2.45) is 0 Å². The topological polar surface area (TPSA) is 87.1 Å². The highest BCUT2D eigenvalue weighted by molar-refractivity contribution is 5.79. The molecule has 6 nitrogen and oxygen atoms in total. The van der Waals surface area contributed by atoms with Gasteiger partial charge in [-0.15, -0.1) is 0 Å². The minimum atomic E-state index is -0.759. The lowest BCUT2D eigenvalue weighted by atomic mass is 10.00. The third-order valence-corrected chi connectivity index (χ3v) is 6.29. The van der Waals surface area contributed by atoms with Gasteiger partial charge < -0.3 is 19.8 Å². The molecule has 1 aliphatic heterocycles. The van der Waals surface area contributed by atoms with Crippen LogP contribution in [0.5, 0.6) is 5.75 Å². The predicted octanol–water partition coefficient (Wildman–Crippen LogP) is 4.90. The second-order valence-corrected chi connectivity index (χ2v) is 8.85. The average Bonchev–Trinajstić information content (AvgIpc) is 3.19. The molecule has 2 aromatic rings. The lowest BCUT2D eigenvalue weighted by Gasteiger charge is -2.22. The van der Waals surface area contributed by atoms with E-state index in [-0.39, 0.29) is 18.4 Å². The van der Waals surface area contributed by atoms with Crippen molar-refractivity contribution in [3.8, 4) is 5.75 Å². The molecule has 2 atom stereocenters. The van der Waals surface area contributed by atoms with E-state index in [0.717, 1.165) is 49.0 Å². The number of aliphatic carboxylic acids is 1. The van der Waals surface area contributed by atoms with E-state index < -0.39 is 12.1 Å². The van der Waals surface area contributed by atoms with Gasteiger partial charge in [0.05, 0.1) is 19.3 Å². The second-order valence-electron chi connectivity index (χ2n) is 8.85. The summed E-state index contributed by atoms with van der Waals surface area (Å²) in [7, 11) is 1.65. The molecule has 0 aliphatic carbocycles. The molecule has 2 N–H and O–H groups in total. The number of nitrogens with zero attached hydrogens (tertiary/aromatic N) is 1. The molecule has 0 spiro atoms. The van der Waals surface area contributed by atoms with Crippen molar-refractivity contribution in [2.75, 3.05) is 13.7 Å². The van der Waals surface area contributed by atoms with E-state index in [2.05, 4.69) is 6.07 Å². The van der Waals surface area contributed by atoms with Crippen molar-refractivity contribution in [1.29, 1.82) is 0 Å². The van der Waals surface area contributed by atoms with Gasteiger partial charge in [-0.2, -0.15) is 0 Å². The Morgan fingerprint density at radius 1 is 1.12 bits per heavy atom. The van der Waals surface area contributed by atoms with Crippen LogP contribution in [0.4, 0.5) is 0 Å². The van der Waals surface area contributed by atoms with Crippen LogP contribution in [0.15, 0.2) is 60.7 Å². The molecule has 1 unspecified atom stereocenters. The molecule has 3 rings (SSSR count). The third-order valence-electron chi connectivity index (χ3n) is 6.29. The average molecular weight is 466 g/mol. The molecular formula is C28H35NO5. The normalized spacial score (nSPS) is 16.8. The number of hydrogen-bond acceptors (Lipinski definition) is 4. The molecule has 1 heterocycles. The molecular weight excluding hydrogens is 430 g/mol. The molecule has 0 aromatic heterocycles. The van der Waals surface area contributed by atoms with Gasteiger partial charge in [0.2, 0.25) is 5.91 Å². The predicted molar refractivity (Wildman–Crippen MR) is 132 cm³/mol. The maximum atomic E-state index is 12.3. The lowest BCUT2D eigenvalue weighted by molar-refractivity contribution is -0.137. The fraction of sp³-hybridized carbons (Fsp3) is 0.429. The molecule has 0 saturated carbocycles. The van der Waals surface area contributed by atoms with E-state index in [1.54, 1.807) is 13.2 Å². The Morgan fingerprint density at radius 3 is 2.62 bits per heavy atom. The molecule has 34 heavy (non-hydrogen) atoms. The van der Waals surface area contributed by atoms with Crippen molar-refractivity contribution >= 4 is 11.9 Å². The standard InChI is InChI=1S/C28H35NO5/c1-34-25-14-10-21(11-15-25)19-22-7-6-8-23(20-22)26(30)16-12-24-13-17-27(31)29(24)18-5-3-2-4-9-28(32)33/h6-8,10-12,14-16,20,24,26,30H,2-5,9,13,17-19H2,1H3,(H,32,33)/b16-12+/t24-,26?/m0/s1. The van der Waals surface area contributed by atoms with Gasteiger partial charge in [-0.3, -0.25) is 9.59 Å². The first kappa shape index (κ1) is 25.5. The fourth-order valence-electron chi connectivity index (χ4n) is 4.37. The number of unbranched alkanes of at least 4 members (excludes halogenated alkanes) is 3. The molecule has 1 amide bonds. The first-order valence-corrected chi connectivity index (χ1v) is 12.1. The van der Waals surface area contributed by atoms with Gasteiger partial charge in [0.1, 0.15) is 5.75 Å². The van der Waals surface area contributed by atoms with E-state index in [0.29, 0.717) is 19.4 Å². The number of aliphatic hydroxyl groups is 1. The number of benzene rings is 2. The van der Waals surface area contributed by atoms with Gasteiger partial charge in [-0.1, -0.05) is 61.4 Å². The number of rotatable bonds is 13. The van der Waals surface area contributed by atoms with Crippen molar-refractivity contribution in [3.63, 3.8) is 0 Å². The van der Waals surface area contributed by atoms with Crippen molar-refractivity contribution < 1.29 is 24.5 Å². The number of amides is 1. The Morgan fingerprint density at radius 2 is 1.88 bits per heavy atom. The van der Waals surface area contributed by atoms with Crippen LogP contribution in [0.2, 0.25) is 0 Å². The first-order valence-electron chi connectivity index (χ1n) is 12.1. The van der Waals surface area contributed by atoms with E-state index in [1.807, 2.05) is 53.4 Å². The quantitative estimate of drug-likeness (QED) is 0.324. The molecule has 182 valence electrons. The third kappa shape index (κ3) is 7.73. The Hall–Kier alpha value is -3.12. The number of ether oxygens (including phenoxy) is 1. The van der Waals surface area contributed by atoms with Crippen molar-refractivity contribution in [3.05, 3.63) is 77.4 Å². The summed E-state index contributed by atoms with van der Waals surface area (Å²) in [5.74, 6) is 0.219. The zero-order valence-corrected chi connectivity index (χ0v) is 19.9. The van der Waals surface area contributed by atoms with Gasteiger partial charge in [-0.05, 0) is 54.5 Å². The number of carboxylic acid groups (broad SMARTS) is 1. The monoisotopic (exact) mass is 465 g/mol. The SMILES string of the molecule is COc1ccc(Cc2cccc(C(O)/C=C/[C@H]3CCC(=O)N3CCCCCCC(=O)O)c2)cc1. The van der Waals surface area contributed by atoms with Crippen LogP contribution in [0.1, 0.15) is 67.7 Å². The van der Waals surface area contributed by atoms with E-state index in [4.69, 9.17) is 9.84 Å². The number of methoxy groups -OCH3 is 1. The summed E-state index contributed by atoms with van der Waals surface area (Å²) in [4.78, 5) is 24.8. The number of aliphatic hydroxyl groups excluding tert-OH is 1. The zero-order chi connectivity index (χ0) is 24.3. The van der Waals surface area contributed by atoms with Gasteiger partial charge in [0.15, 0.2) is 0 Å². The van der Waals surface area contributed by atoms with Crippen LogP contribution in [0, 0.1) is 0 Å². The van der Waals surface area contributed by atoms with Crippen LogP contribution in [0.3, 0.4) is 0 Å². The Bertz CT molecular complexity index is 969. The molecule has 1 aliphatic rings. The minimum absolute atomic E-state index is 0.00338. The number of carbonyl (C=O) groups is 2. The Kier molecular flexibility index (Phi) is 9.71. The van der Waals surface area contributed by atoms with Crippen molar-refractivity contribution in [2.45, 2.75) is 63.5 Å². The highest BCUT2D eigenvalue weighted by atomic mass is 16.5. The molecule has 1 fully saturated rings. The number of carboxylic acids is 1. The maximum Gasteiger partial charge on any atom is 0.303 e. The second kappa shape index (κ2) is 12.9. The lowest BCUT2D eigenvalue weighted by Crippen LogP contribution is -2.32. The maximum absolute atomic E-state index is 12.3. The number of likely N-dealkylation sites (tertiary alicyclic amines) is 1. The van der Waals surface area contributed by atoms with Crippen molar-refractivity contribution in [1.82, 2.24) is 4.90 Å². The van der Waals surface area contributed by atoms with Crippen LogP contribution in [0.25, 0.3) is 0 Å². The minimum Gasteiger partial charge on any atom is -0.497 e. The molecule has 0 bridgehead atoms. The summed E-state index contributed by atoms with van der Waals surface area (Å²) in [5, 5.41) is 19.5. The number of carbonyl (C=O) groups excluding carboxylic acids is 1. The zero-order valence-electron chi connectivity index (χ0n) is 19.9. The summed E-state index contributed by atoms with van der Waals surface area (Å²) < 4.78 is 5.21. The van der Waals surface area contributed by atoms with E-state index in [9.17, 15) is 14.7 Å². The van der Waals surface area contributed by atoms with Gasteiger partial charge in [0, 0.05) is 19.4 Å². The van der Waals surface area contributed by atoms with Crippen LogP contribution in [-0.4, -0.2) is 46.7 Å².